The molecule has 1 aliphatic heterocycles. The van der Waals surface area contributed by atoms with Crippen molar-refractivity contribution < 1.29 is 22.5 Å². The molecule has 150 valence electrons. The molecular formula is C20H17F3N4O2. The van der Waals surface area contributed by atoms with Gasteiger partial charge in [0.1, 0.15) is 23.5 Å². The van der Waals surface area contributed by atoms with Crippen LogP contribution in [0.3, 0.4) is 0 Å². The Morgan fingerprint density at radius 3 is 2.66 bits per heavy atom. The Kier molecular flexibility index (Phi) is 5.20. The monoisotopic (exact) mass is 402 g/mol. The molecule has 0 radical (unpaired) electrons. The highest BCUT2D eigenvalue weighted by molar-refractivity contribution is 5.75. The van der Waals surface area contributed by atoms with Gasteiger partial charge in [-0.25, -0.2) is 18.0 Å². The number of halogens is 3. The van der Waals surface area contributed by atoms with Gasteiger partial charge in [-0.15, -0.1) is 0 Å². The molecule has 1 N–H and O–H groups in total. The van der Waals surface area contributed by atoms with E-state index in [4.69, 9.17) is 4.52 Å². The van der Waals surface area contributed by atoms with Gasteiger partial charge < -0.3 is 14.7 Å². The first kappa shape index (κ1) is 19.0. The molecular weight excluding hydrogens is 385 g/mol. The minimum Gasteiger partial charge on any atom is -0.337 e. The van der Waals surface area contributed by atoms with Gasteiger partial charge in [0.15, 0.2) is 0 Å². The Hall–Kier alpha value is -3.36. The van der Waals surface area contributed by atoms with E-state index in [0.717, 1.165) is 24.1 Å². The standard InChI is InChI=1S/C20H17F3N4O2/c21-13-5-3-12(4-6-13)11-24-20(28)27-9-1-2-17(27)19-25-18(26-29-19)15-8-7-14(22)10-16(15)23/h3-8,10,17H,1-2,9,11H2,(H,24,28)/t17-/m1/s1. The Balaban J connectivity index is 1.46. The van der Waals surface area contributed by atoms with E-state index in [0.29, 0.717) is 13.0 Å². The van der Waals surface area contributed by atoms with Crippen molar-refractivity contribution in [1.82, 2.24) is 20.4 Å². The summed E-state index contributed by atoms with van der Waals surface area (Å²) in [6, 6.07) is 8.19. The number of likely N-dealkylation sites (tertiary alicyclic amines) is 1. The zero-order valence-electron chi connectivity index (χ0n) is 15.2. The van der Waals surface area contributed by atoms with E-state index >= 15 is 0 Å². The third-order valence-electron chi connectivity index (χ3n) is 4.77. The molecule has 0 spiro atoms. The summed E-state index contributed by atoms with van der Waals surface area (Å²) in [6.07, 6.45) is 1.37. The van der Waals surface area contributed by atoms with Crippen LogP contribution >= 0.6 is 0 Å². The lowest BCUT2D eigenvalue weighted by Crippen LogP contribution is -2.39. The van der Waals surface area contributed by atoms with Crippen LogP contribution in [-0.2, 0) is 6.54 Å². The fourth-order valence-corrected chi connectivity index (χ4v) is 3.30. The van der Waals surface area contributed by atoms with E-state index in [1.165, 1.54) is 18.2 Å². The predicted molar refractivity (Wildman–Crippen MR) is 97.0 cm³/mol. The van der Waals surface area contributed by atoms with Gasteiger partial charge in [-0.3, -0.25) is 0 Å². The lowest BCUT2D eigenvalue weighted by atomic mass is 10.2. The second-order valence-electron chi connectivity index (χ2n) is 6.72. The van der Waals surface area contributed by atoms with Crippen molar-refractivity contribution in [3.8, 4) is 11.4 Å². The lowest BCUT2D eigenvalue weighted by molar-refractivity contribution is 0.180. The van der Waals surface area contributed by atoms with E-state index in [1.54, 1.807) is 17.0 Å². The molecule has 2 amide bonds. The molecule has 1 saturated heterocycles. The smallest absolute Gasteiger partial charge is 0.318 e. The second-order valence-corrected chi connectivity index (χ2v) is 6.72. The first-order valence-corrected chi connectivity index (χ1v) is 9.09. The number of carbonyl (C=O) groups is 1. The average molecular weight is 402 g/mol. The molecule has 0 unspecified atom stereocenters. The van der Waals surface area contributed by atoms with Crippen LogP contribution in [0, 0.1) is 17.5 Å². The number of carbonyl (C=O) groups excluding carboxylic acids is 1. The molecule has 3 aromatic rings. The highest BCUT2D eigenvalue weighted by Gasteiger charge is 2.34. The Bertz CT molecular complexity index is 1020. The minimum atomic E-state index is -0.794. The molecule has 1 aliphatic rings. The maximum atomic E-state index is 14.0. The quantitative estimate of drug-likeness (QED) is 0.710. The second kappa shape index (κ2) is 7.94. The lowest BCUT2D eigenvalue weighted by Gasteiger charge is -2.22. The summed E-state index contributed by atoms with van der Waals surface area (Å²) in [5, 5.41) is 6.56. The number of hydrogen-bond acceptors (Lipinski definition) is 4. The van der Waals surface area contributed by atoms with Gasteiger partial charge in [-0.1, -0.05) is 17.3 Å². The first-order chi connectivity index (χ1) is 14.0. The van der Waals surface area contributed by atoms with E-state index in [-0.39, 0.29) is 35.7 Å². The van der Waals surface area contributed by atoms with Gasteiger partial charge in [0, 0.05) is 19.2 Å². The highest BCUT2D eigenvalue weighted by atomic mass is 19.1. The molecule has 2 heterocycles. The van der Waals surface area contributed by atoms with Crippen molar-refractivity contribution >= 4 is 6.03 Å². The van der Waals surface area contributed by atoms with Crippen LogP contribution < -0.4 is 5.32 Å². The third kappa shape index (κ3) is 4.08. The average Bonchev–Trinajstić information content (AvgIpc) is 3.36. The van der Waals surface area contributed by atoms with Gasteiger partial charge in [0.25, 0.3) is 0 Å². The number of nitrogens with one attached hydrogen (secondary N) is 1. The van der Waals surface area contributed by atoms with Gasteiger partial charge in [0.05, 0.1) is 5.56 Å². The molecule has 1 fully saturated rings. The van der Waals surface area contributed by atoms with Gasteiger partial charge in [-0.05, 0) is 42.7 Å². The maximum Gasteiger partial charge on any atom is 0.318 e. The van der Waals surface area contributed by atoms with Crippen molar-refractivity contribution in [2.24, 2.45) is 0 Å². The van der Waals surface area contributed by atoms with Crippen molar-refractivity contribution in [2.45, 2.75) is 25.4 Å². The molecule has 4 rings (SSSR count). The van der Waals surface area contributed by atoms with Crippen LogP contribution in [0.15, 0.2) is 47.0 Å². The summed E-state index contributed by atoms with van der Waals surface area (Å²) in [5.74, 6) is -1.65. The normalized spacial score (nSPS) is 16.2. The van der Waals surface area contributed by atoms with Gasteiger partial charge in [0.2, 0.25) is 11.7 Å². The SMILES string of the molecule is O=C(NCc1ccc(F)cc1)N1CCC[C@@H]1c1nc(-c2ccc(F)cc2F)no1. The fourth-order valence-electron chi connectivity index (χ4n) is 3.30. The molecule has 1 atom stereocenters. The van der Waals surface area contributed by atoms with Crippen molar-refractivity contribution in [2.75, 3.05) is 6.54 Å². The van der Waals surface area contributed by atoms with Gasteiger partial charge in [-0.2, -0.15) is 4.98 Å². The van der Waals surface area contributed by atoms with Crippen LogP contribution in [0.2, 0.25) is 0 Å². The van der Waals surface area contributed by atoms with Crippen LogP contribution in [0.5, 0.6) is 0 Å². The van der Waals surface area contributed by atoms with Crippen LogP contribution in [0.1, 0.15) is 30.3 Å². The topological polar surface area (TPSA) is 71.3 Å². The predicted octanol–water partition coefficient (Wildman–Crippen LogP) is 4.20. The maximum absolute atomic E-state index is 14.0. The summed E-state index contributed by atoms with van der Waals surface area (Å²) in [7, 11) is 0. The van der Waals surface area contributed by atoms with E-state index in [1.807, 2.05) is 0 Å². The summed E-state index contributed by atoms with van der Waals surface area (Å²) in [5.41, 5.74) is 0.786. The zero-order valence-corrected chi connectivity index (χ0v) is 15.2. The number of nitrogens with zero attached hydrogens (tertiary/aromatic N) is 3. The van der Waals surface area contributed by atoms with Crippen LogP contribution in [-0.4, -0.2) is 27.6 Å². The summed E-state index contributed by atoms with van der Waals surface area (Å²) in [6.45, 7) is 0.751. The molecule has 1 aromatic heterocycles. The number of urea groups is 1. The van der Waals surface area contributed by atoms with Crippen LogP contribution in [0.25, 0.3) is 11.4 Å². The number of aromatic nitrogens is 2. The van der Waals surface area contributed by atoms with E-state index in [2.05, 4.69) is 15.5 Å². The minimum absolute atomic E-state index is 0.00364. The molecule has 0 bridgehead atoms. The van der Waals surface area contributed by atoms with Gasteiger partial charge >= 0.3 is 6.03 Å². The Labute approximate surface area is 164 Å². The largest absolute Gasteiger partial charge is 0.337 e. The van der Waals surface area contributed by atoms with Crippen molar-refractivity contribution in [3.63, 3.8) is 0 Å². The molecule has 9 heteroatoms. The molecule has 0 saturated carbocycles. The molecule has 0 aliphatic carbocycles. The molecule has 29 heavy (non-hydrogen) atoms. The van der Waals surface area contributed by atoms with Crippen LogP contribution in [0.4, 0.5) is 18.0 Å². The van der Waals surface area contributed by atoms with E-state index < -0.39 is 17.7 Å². The third-order valence-corrected chi connectivity index (χ3v) is 4.77. The van der Waals surface area contributed by atoms with Crippen molar-refractivity contribution in [3.05, 3.63) is 71.4 Å². The summed E-state index contributed by atoms with van der Waals surface area (Å²) in [4.78, 5) is 18.4. The molecule has 2 aromatic carbocycles. The fraction of sp³-hybridized carbons (Fsp3) is 0.250. The number of benzene rings is 2. The van der Waals surface area contributed by atoms with E-state index in [9.17, 15) is 18.0 Å². The highest BCUT2D eigenvalue weighted by Crippen LogP contribution is 2.32. The summed E-state index contributed by atoms with van der Waals surface area (Å²) < 4.78 is 45.3. The Morgan fingerprint density at radius 2 is 1.90 bits per heavy atom. The summed E-state index contributed by atoms with van der Waals surface area (Å²) >= 11 is 0. The zero-order chi connectivity index (χ0) is 20.4. The van der Waals surface area contributed by atoms with Crippen molar-refractivity contribution in [1.29, 1.82) is 0 Å². The molecule has 6 nitrogen and oxygen atoms in total. The Morgan fingerprint density at radius 1 is 1.14 bits per heavy atom. The number of hydrogen-bond donors (Lipinski definition) is 1. The first-order valence-electron chi connectivity index (χ1n) is 9.09. The number of amides is 2. The number of rotatable bonds is 4.